The number of aromatic amines is 2. The van der Waals surface area contributed by atoms with Crippen LogP contribution in [0.15, 0.2) is 72.1 Å². The lowest BCUT2D eigenvalue weighted by molar-refractivity contribution is -0.142. The molecule has 92 heavy (non-hydrogen) atoms. The number of aromatic nitrogens is 3. The number of benzene rings is 2. The third kappa shape index (κ3) is 24.2. The number of aliphatic hydroxyl groups is 1. The number of carbonyl (C=O) groups excluding carboxylic acids is 10. The number of nitrogens with zero attached hydrogens (tertiary/aromatic N) is 3. The van der Waals surface area contributed by atoms with Crippen LogP contribution < -0.4 is 59.3 Å². The number of rotatable bonds is 32. The second-order valence-corrected chi connectivity index (χ2v) is 25.0. The van der Waals surface area contributed by atoms with Gasteiger partial charge < -0.3 is 84.4 Å². The van der Waals surface area contributed by atoms with E-state index in [0.29, 0.717) is 42.6 Å². The number of hydrogen-bond acceptors (Lipinski definition) is 16. The van der Waals surface area contributed by atoms with Gasteiger partial charge in [0.25, 0.3) is 10.1 Å². The highest BCUT2D eigenvalue weighted by molar-refractivity contribution is 7.85. The van der Waals surface area contributed by atoms with Crippen LogP contribution in [-0.4, -0.2) is 195 Å². The predicted molar refractivity (Wildman–Crippen MR) is 338 cm³/mol. The van der Waals surface area contributed by atoms with Gasteiger partial charge in [-0.15, -0.1) is 0 Å². The molecule has 10 amide bonds. The number of H-pyrrole nitrogens is 2. The SMILES string of the molecule is CCNC(=O)[C@@H]1CCCN1C(=O)[C@H](CCCN=C(N)N)NC(=O)[C@H](CC(C)C)NC(=O)[C@@H](CC(C)C)NC(=O)[C@H](Cc1ccc(O)cc1)NC(=O)[C@H](CO)NC(=O)[C@H](Cc1cc2ccccc2[nH]1)NC(=O)[C@H](Cc1cnc[nH]1)NC(=O)[C@@H]1CCC(=O)N1.CS(=O)(=O)O. The summed E-state index contributed by atoms with van der Waals surface area (Å²) in [4.78, 5) is 155. The van der Waals surface area contributed by atoms with E-state index in [1.54, 1.807) is 32.9 Å². The number of imidazole rings is 1. The second kappa shape index (κ2) is 35.4. The number of fused-ring (bicyclic) bond motifs is 1. The largest absolute Gasteiger partial charge is 0.508 e. The summed E-state index contributed by atoms with van der Waals surface area (Å²) in [5.41, 5.74) is 13.2. The molecule has 6 rings (SSSR count). The van der Waals surface area contributed by atoms with E-state index in [0.717, 1.165) is 10.9 Å². The average molecular weight is 1310 g/mol. The van der Waals surface area contributed by atoms with Crippen LogP contribution in [0, 0.1) is 11.8 Å². The maximum atomic E-state index is 14.7. The number of hydrogen-bond donors (Lipinski definition) is 16. The number of nitrogens with two attached hydrogens (primary N) is 2. The van der Waals surface area contributed by atoms with Gasteiger partial charge in [0.2, 0.25) is 59.1 Å². The Bertz CT molecular complexity index is 3280. The molecule has 4 aromatic rings. The number of aliphatic imine (C=N–C) groups is 1. The van der Waals surface area contributed by atoms with E-state index in [9.17, 15) is 66.6 Å². The molecule has 0 aliphatic carbocycles. The maximum absolute atomic E-state index is 14.7. The summed E-state index contributed by atoms with van der Waals surface area (Å²) >= 11 is 0. The number of para-hydroxylation sites is 1. The van der Waals surface area contributed by atoms with Crippen molar-refractivity contribution in [2.24, 2.45) is 28.3 Å². The van der Waals surface area contributed by atoms with Crippen molar-refractivity contribution < 1.29 is 71.1 Å². The van der Waals surface area contributed by atoms with Crippen LogP contribution in [0.3, 0.4) is 0 Å². The minimum Gasteiger partial charge on any atom is -0.508 e. The number of likely N-dealkylation sites (N-methyl/N-ethyl adjacent to an activating group) is 1. The molecule has 0 unspecified atom stereocenters. The molecule has 2 aliphatic rings. The van der Waals surface area contributed by atoms with Gasteiger partial charge in [-0.1, -0.05) is 58.0 Å². The van der Waals surface area contributed by atoms with E-state index in [1.807, 2.05) is 32.0 Å². The Morgan fingerprint density at radius 1 is 0.717 bits per heavy atom. The number of aliphatic hydroxyl groups excluding tert-OH is 1. The summed E-state index contributed by atoms with van der Waals surface area (Å²) in [6.07, 6.45) is 4.84. The molecule has 18 N–H and O–H groups in total. The third-order valence-corrected chi connectivity index (χ3v) is 14.8. The quantitative estimate of drug-likeness (QED) is 0.0110. The Hall–Kier alpha value is -9.17. The summed E-state index contributed by atoms with van der Waals surface area (Å²) in [6, 6.07) is 3.41. The zero-order chi connectivity index (χ0) is 67.8. The topological polar surface area (TPSA) is 486 Å². The number of aromatic hydroxyl groups is 1. The van der Waals surface area contributed by atoms with E-state index in [4.69, 9.17) is 16.0 Å². The second-order valence-electron chi connectivity index (χ2n) is 23.5. The van der Waals surface area contributed by atoms with Crippen molar-refractivity contribution in [3.63, 3.8) is 0 Å². The number of nitrogens with one attached hydrogen (secondary N) is 11. The molecule has 2 aromatic heterocycles. The zero-order valence-corrected chi connectivity index (χ0v) is 53.3. The predicted octanol–water partition coefficient (Wildman–Crippen LogP) is -1.93. The number of guanidine groups is 1. The monoisotopic (exact) mass is 1300 g/mol. The number of amides is 10. The Balaban J connectivity index is 0.00000295. The summed E-state index contributed by atoms with van der Waals surface area (Å²) < 4.78 is 25.9. The van der Waals surface area contributed by atoms with Crippen LogP contribution in [0.1, 0.15) is 103 Å². The molecule has 0 radical (unpaired) electrons. The molecular weight excluding hydrogens is 1220 g/mol. The van der Waals surface area contributed by atoms with Gasteiger partial charge in [-0.3, -0.25) is 57.5 Å². The van der Waals surface area contributed by atoms with Crippen molar-refractivity contribution in [3.8, 4) is 5.75 Å². The average Bonchev–Trinajstić information content (AvgIpc) is 1.65. The van der Waals surface area contributed by atoms with Crippen molar-refractivity contribution in [1.29, 1.82) is 0 Å². The summed E-state index contributed by atoms with van der Waals surface area (Å²) in [6.45, 7) is 8.82. The first-order valence-electron chi connectivity index (χ1n) is 30.4. The lowest BCUT2D eigenvalue weighted by Gasteiger charge is -2.31. The highest BCUT2D eigenvalue weighted by atomic mass is 32.2. The van der Waals surface area contributed by atoms with Gasteiger partial charge in [-0.05, 0) is 98.9 Å². The van der Waals surface area contributed by atoms with E-state index in [2.05, 4.69) is 67.8 Å². The number of phenolic OH excluding ortho intramolecular Hbond substituents is 1. The molecule has 0 spiro atoms. The van der Waals surface area contributed by atoms with E-state index < -0.39 is 118 Å². The molecule has 2 aromatic carbocycles. The Kier molecular flexibility index (Phi) is 28.3. The maximum Gasteiger partial charge on any atom is 0.261 e. The summed E-state index contributed by atoms with van der Waals surface area (Å²) in [5, 5.41) is 45.9. The van der Waals surface area contributed by atoms with Gasteiger partial charge in [0.1, 0.15) is 60.1 Å². The molecule has 31 nitrogen and oxygen atoms in total. The Labute approximate surface area is 533 Å². The Morgan fingerprint density at radius 2 is 1.25 bits per heavy atom. The molecule has 4 heterocycles. The standard InChI is InChI=1S/C59H84N16O12.CH4O3S/c1-6-63-57(86)48-14-10-22-75(48)58(87)41(13-9-21-64-59(60)61)68-51(80)42(23-32(2)3)69-52(81)43(24-33(4)5)70-53(82)44(25-34-15-17-38(77)18-16-34)71-56(85)47(30-76)74-55(84)45(27-36-26-35-11-7-8-12-39(35)66-36)73-54(83)46(28-37-29-62-31-65-37)72-50(79)40-19-20-49(78)67-40;1-5(2,3)4/h7-8,11-12,15-18,26,29,31-33,40-48,66,76-77H,6,9-10,13-14,19-25,27-28,30H2,1-5H3,(H,62,65)(H,63,86)(H,67,78)(H,68,80)(H,69,81)(H,70,82)(H,71,85)(H,72,79)(H,73,83)(H,74,84)(H4,60,61,64);1H3,(H,2,3,4)/t40-,41-,42-,43+,44-,45-,46-,47-,48-;/m0./s1. The van der Waals surface area contributed by atoms with Gasteiger partial charge in [0, 0.05) is 68.4 Å². The molecule has 0 bridgehead atoms. The van der Waals surface area contributed by atoms with Crippen LogP contribution in [0.4, 0.5) is 0 Å². The summed E-state index contributed by atoms with van der Waals surface area (Å²) in [7, 11) is -3.67. The van der Waals surface area contributed by atoms with Crippen LogP contribution in [0.2, 0.25) is 0 Å². The van der Waals surface area contributed by atoms with E-state index >= 15 is 0 Å². The fourth-order valence-corrected chi connectivity index (χ4v) is 10.4. The molecule has 2 fully saturated rings. The van der Waals surface area contributed by atoms with Crippen molar-refractivity contribution in [1.82, 2.24) is 67.7 Å². The third-order valence-electron chi connectivity index (χ3n) is 14.8. The molecule has 2 saturated heterocycles. The molecule has 0 saturated carbocycles. The van der Waals surface area contributed by atoms with Gasteiger partial charge in [-0.25, -0.2) is 4.98 Å². The van der Waals surface area contributed by atoms with E-state index in [1.165, 1.54) is 41.7 Å². The molecule has 504 valence electrons. The molecule has 9 atom stereocenters. The number of phenols is 1. The number of carbonyl (C=O) groups is 10. The first kappa shape index (κ1) is 73.6. The normalized spacial score (nSPS) is 16.8. The molecule has 2 aliphatic heterocycles. The highest BCUT2D eigenvalue weighted by Crippen LogP contribution is 2.22. The fourth-order valence-electron chi connectivity index (χ4n) is 10.4. The van der Waals surface area contributed by atoms with Crippen LogP contribution in [-0.2, 0) is 77.3 Å². The highest BCUT2D eigenvalue weighted by Gasteiger charge is 2.40. The van der Waals surface area contributed by atoms with Crippen molar-refractivity contribution in [3.05, 3.63) is 84.1 Å². The van der Waals surface area contributed by atoms with Gasteiger partial charge in [0.05, 0.1) is 19.2 Å². The minimum absolute atomic E-state index is 0.0396. The fraction of sp³-hybridized carbons (Fsp3) is 0.533. The van der Waals surface area contributed by atoms with E-state index in [-0.39, 0.29) is 106 Å². The smallest absolute Gasteiger partial charge is 0.261 e. The van der Waals surface area contributed by atoms with Crippen molar-refractivity contribution in [2.75, 3.05) is 32.5 Å². The first-order valence-corrected chi connectivity index (χ1v) is 32.3. The lowest BCUT2D eigenvalue weighted by atomic mass is 9.98. The first-order chi connectivity index (χ1) is 43.5. The van der Waals surface area contributed by atoms with Crippen molar-refractivity contribution in [2.45, 2.75) is 160 Å². The zero-order valence-electron chi connectivity index (χ0n) is 52.5. The van der Waals surface area contributed by atoms with Crippen molar-refractivity contribution >= 4 is 86.1 Å². The lowest BCUT2D eigenvalue weighted by Crippen LogP contribution is -2.61. The van der Waals surface area contributed by atoms with Gasteiger partial charge in [0.15, 0.2) is 5.96 Å². The van der Waals surface area contributed by atoms with Gasteiger partial charge in [-0.2, -0.15) is 8.42 Å². The van der Waals surface area contributed by atoms with Crippen LogP contribution >= 0.6 is 0 Å². The molecule has 32 heteroatoms. The minimum atomic E-state index is -3.67. The van der Waals surface area contributed by atoms with Crippen LogP contribution in [0.25, 0.3) is 10.9 Å². The number of likely N-dealkylation sites (tertiary alicyclic amines) is 1. The van der Waals surface area contributed by atoms with Gasteiger partial charge >= 0.3 is 0 Å². The molecular formula is C60H88N16O15S. The van der Waals surface area contributed by atoms with Crippen LogP contribution in [0.5, 0.6) is 5.75 Å². The summed E-state index contributed by atoms with van der Waals surface area (Å²) in [5.74, 6) is -7.57. The Morgan fingerprint density at radius 3 is 1.78 bits per heavy atom.